The average molecular weight is 347 g/mol. The molecule has 5 nitrogen and oxygen atoms in total. The van der Waals surface area contributed by atoms with Crippen LogP contribution in [0.5, 0.6) is 5.75 Å². The van der Waals surface area contributed by atoms with Crippen molar-refractivity contribution in [2.75, 3.05) is 18.5 Å². The third kappa shape index (κ3) is 5.59. The van der Waals surface area contributed by atoms with E-state index in [0.717, 1.165) is 5.56 Å². The number of amides is 1. The molecule has 2 aromatic carbocycles. The highest BCUT2D eigenvalue weighted by Crippen LogP contribution is 2.21. The number of carbonyl (C=O) groups is 1. The van der Waals surface area contributed by atoms with Gasteiger partial charge >= 0.3 is 0 Å². The molecule has 0 saturated heterocycles. The fourth-order valence-corrected chi connectivity index (χ4v) is 2.11. The van der Waals surface area contributed by atoms with Gasteiger partial charge in [-0.2, -0.15) is 0 Å². The van der Waals surface area contributed by atoms with Crippen LogP contribution in [0.1, 0.15) is 18.1 Å². The quantitative estimate of drug-likeness (QED) is 0.608. The third-order valence-corrected chi connectivity index (χ3v) is 3.30. The molecule has 2 aromatic rings. The molecule has 0 radical (unpaired) electrons. The maximum absolute atomic E-state index is 11.8. The molecule has 2 rings (SSSR count). The summed E-state index contributed by atoms with van der Waals surface area (Å²) in [5.41, 5.74) is 2.52. The largest absolute Gasteiger partial charge is 0.493 e. The minimum absolute atomic E-state index is 0.186. The van der Waals surface area contributed by atoms with E-state index in [4.69, 9.17) is 21.2 Å². The van der Waals surface area contributed by atoms with E-state index in [1.165, 1.54) is 6.21 Å². The lowest BCUT2D eigenvalue weighted by Gasteiger charge is -2.07. The predicted octanol–water partition coefficient (Wildman–Crippen LogP) is 4.04. The molecule has 6 heteroatoms. The Labute approximate surface area is 146 Å². The van der Waals surface area contributed by atoms with E-state index >= 15 is 0 Å². The van der Waals surface area contributed by atoms with Gasteiger partial charge in [-0.25, -0.2) is 0 Å². The summed E-state index contributed by atoms with van der Waals surface area (Å²) in [6.07, 6.45) is 1.47. The van der Waals surface area contributed by atoms with Crippen molar-refractivity contribution in [2.45, 2.75) is 13.8 Å². The summed E-state index contributed by atoms with van der Waals surface area (Å²) in [6.45, 7) is 4.22. The lowest BCUT2D eigenvalue weighted by Crippen LogP contribution is -2.16. The van der Waals surface area contributed by atoms with E-state index < -0.39 is 0 Å². The highest BCUT2D eigenvalue weighted by molar-refractivity contribution is 6.30. The molecule has 0 unspecified atom stereocenters. The van der Waals surface area contributed by atoms with E-state index in [9.17, 15) is 4.79 Å². The first kappa shape index (κ1) is 17.8. The second-order valence-corrected chi connectivity index (χ2v) is 5.47. The van der Waals surface area contributed by atoms with Gasteiger partial charge in [-0.3, -0.25) is 4.79 Å². The first-order chi connectivity index (χ1) is 11.6. The minimum Gasteiger partial charge on any atom is -0.493 e. The summed E-state index contributed by atoms with van der Waals surface area (Å²) >= 11 is 5.96. The van der Waals surface area contributed by atoms with Gasteiger partial charge in [0.05, 0.1) is 12.8 Å². The number of hydrogen-bond donors (Lipinski definition) is 1. The van der Waals surface area contributed by atoms with Gasteiger partial charge in [0, 0.05) is 16.3 Å². The van der Waals surface area contributed by atoms with Crippen molar-refractivity contribution in [1.82, 2.24) is 0 Å². The van der Waals surface area contributed by atoms with Gasteiger partial charge in [-0.1, -0.05) is 34.5 Å². The molecule has 0 saturated carbocycles. The Morgan fingerprint density at radius 2 is 2.00 bits per heavy atom. The van der Waals surface area contributed by atoms with E-state index in [-0.39, 0.29) is 12.5 Å². The van der Waals surface area contributed by atoms with Crippen LogP contribution in [0.2, 0.25) is 5.02 Å². The molecule has 0 fully saturated rings. The van der Waals surface area contributed by atoms with Gasteiger partial charge in [0.2, 0.25) is 0 Å². The van der Waals surface area contributed by atoms with Gasteiger partial charge in [-0.15, -0.1) is 0 Å². The highest BCUT2D eigenvalue weighted by Gasteiger charge is 2.04. The third-order valence-electron chi connectivity index (χ3n) is 3.07. The predicted molar refractivity (Wildman–Crippen MR) is 96.0 cm³/mol. The fourth-order valence-electron chi connectivity index (χ4n) is 1.93. The van der Waals surface area contributed by atoms with Crippen LogP contribution in [0.15, 0.2) is 47.6 Å². The molecule has 0 bridgehead atoms. The molecule has 0 aliphatic carbocycles. The Kier molecular flexibility index (Phi) is 6.63. The topological polar surface area (TPSA) is 59.9 Å². The van der Waals surface area contributed by atoms with Crippen LogP contribution < -0.4 is 10.1 Å². The van der Waals surface area contributed by atoms with Crippen molar-refractivity contribution in [3.8, 4) is 5.75 Å². The molecular weight excluding hydrogens is 328 g/mol. The number of carbonyl (C=O) groups excluding carboxylic acids is 1. The number of oxime groups is 1. The molecule has 0 aliphatic heterocycles. The van der Waals surface area contributed by atoms with Crippen LogP contribution in [0.25, 0.3) is 0 Å². The van der Waals surface area contributed by atoms with Crippen LogP contribution in [0, 0.1) is 6.92 Å². The molecule has 1 amide bonds. The first-order valence-electron chi connectivity index (χ1n) is 7.52. The molecular formula is C18H19ClN2O3. The number of nitrogens with one attached hydrogen (secondary N) is 1. The van der Waals surface area contributed by atoms with Crippen LogP contribution in [-0.2, 0) is 9.63 Å². The van der Waals surface area contributed by atoms with E-state index in [2.05, 4.69) is 10.5 Å². The maximum Gasteiger partial charge on any atom is 0.265 e. The normalized spacial score (nSPS) is 10.6. The average Bonchev–Trinajstić information content (AvgIpc) is 2.56. The zero-order chi connectivity index (χ0) is 17.4. The zero-order valence-corrected chi connectivity index (χ0v) is 14.3. The Morgan fingerprint density at radius 1 is 1.25 bits per heavy atom. The molecule has 0 atom stereocenters. The number of hydrogen-bond acceptors (Lipinski definition) is 4. The fraction of sp³-hybridized carbons (Fsp3) is 0.222. The van der Waals surface area contributed by atoms with Gasteiger partial charge in [0.15, 0.2) is 6.61 Å². The zero-order valence-electron chi connectivity index (χ0n) is 13.6. The molecule has 1 N–H and O–H groups in total. The number of aryl methyl sites for hydroxylation is 1. The Hall–Kier alpha value is -2.53. The Morgan fingerprint density at radius 3 is 2.71 bits per heavy atom. The second kappa shape index (κ2) is 8.93. The SMILES string of the molecule is CCOc1ccc(Cl)cc1C=NOCC(=O)Nc1ccc(C)cc1. The molecule has 24 heavy (non-hydrogen) atoms. The van der Waals surface area contributed by atoms with Crippen LogP contribution in [0.3, 0.4) is 0 Å². The van der Waals surface area contributed by atoms with Gasteiger partial charge in [0.1, 0.15) is 5.75 Å². The monoisotopic (exact) mass is 346 g/mol. The molecule has 0 aromatic heterocycles. The highest BCUT2D eigenvalue weighted by atomic mass is 35.5. The maximum atomic E-state index is 11.8. The van der Waals surface area contributed by atoms with Crippen LogP contribution >= 0.6 is 11.6 Å². The Bertz CT molecular complexity index is 715. The molecule has 126 valence electrons. The van der Waals surface area contributed by atoms with E-state index in [0.29, 0.717) is 28.6 Å². The molecule has 0 aliphatic rings. The van der Waals surface area contributed by atoms with Gasteiger partial charge < -0.3 is 14.9 Å². The van der Waals surface area contributed by atoms with Crippen LogP contribution in [0.4, 0.5) is 5.69 Å². The number of rotatable bonds is 7. The van der Waals surface area contributed by atoms with Gasteiger partial charge in [-0.05, 0) is 44.2 Å². The summed E-state index contributed by atoms with van der Waals surface area (Å²) in [7, 11) is 0. The van der Waals surface area contributed by atoms with Crippen molar-refractivity contribution in [3.05, 3.63) is 58.6 Å². The summed E-state index contributed by atoms with van der Waals surface area (Å²) in [4.78, 5) is 16.8. The van der Waals surface area contributed by atoms with Crippen molar-refractivity contribution in [1.29, 1.82) is 0 Å². The minimum atomic E-state index is -0.285. The van der Waals surface area contributed by atoms with Gasteiger partial charge in [0.25, 0.3) is 5.91 Å². The summed E-state index contributed by atoms with van der Waals surface area (Å²) in [5, 5.41) is 7.09. The second-order valence-electron chi connectivity index (χ2n) is 5.04. The van der Waals surface area contributed by atoms with Crippen molar-refractivity contribution < 1.29 is 14.4 Å². The summed E-state index contributed by atoms with van der Waals surface area (Å²) < 4.78 is 5.47. The summed E-state index contributed by atoms with van der Waals surface area (Å²) in [6, 6.07) is 12.7. The number of halogens is 1. The number of nitrogens with zero attached hydrogens (tertiary/aromatic N) is 1. The van der Waals surface area contributed by atoms with Crippen molar-refractivity contribution >= 4 is 29.4 Å². The number of benzene rings is 2. The van der Waals surface area contributed by atoms with E-state index in [1.807, 2.05) is 38.1 Å². The standard InChI is InChI=1S/C18H19ClN2O3/c1-3-23-17-9-6-15(19)10-14(17)11-20-24-12-18(22)21-16-7-4-13(2)5-8-16/h4-11H,3,12H2,1-2H3,(H,21,22). The van der Waals surface area contributed by atoms with Crippen molar-refractivity contribution in [3.63, 3.8) is 0 Å². The lowest BCUT2D eigenvalue weighted by atomic mass is 10.2. The molecule has 0 spiro atoms. The lowest BCUT2D eigenvalue weighted by molar-refractivity contribution is -0.120. The number of ether oxygens (including phenoxy) is 1. The van der Waals surface area contributed by atoms with E-state index in [1.54, 1.807) is 18.2 Å². The smallest absolute Gasteiger partial charge is 0.265 e. The summed E-state index contributed by atoms with van der Waals surface area (Å²) in [5.74, 6) is 0.366. The Balaban J connectivity index is 1.87. The molecule has 0 heterocycles. The van der Waals surface area contributed by atoms with Crippen LogP contribution in [-0.4, -0.2) is 25.3 Å². The van der Waals surface area contributed by atoms with Crippen molar-refractivity contribution in [2.24, 2.45) is 5.16 Å². The number of anilines is 1. The first-order valence-corrected chi connectivity index (χ1v) is 7.90.